The maximum absolute atomic E-state index is 12.2. The van der Waals surface area contributed by atoms with E-state index in [4.69, 9.17) is 0 Å². The van der Waals surface area contributed by atoms with Gasteiger partial charge in [0.15, 0.2) is 0 Å². The monoisotopic (exact) mass is 368 g/mol. The molecule has 142 valence electrons. The molecule has 0 unspecified atom stereocenters. The molecule has 3 rings (SSSR count). The van der Waals surface area contributed by atoms with Gasteiger partial charge < -0.3 is 4.57 Å². The number of carbonyl (C=O) groups excluding carboxylic acids is 1. The first-order valence-electron chi connectivity index (χ1n) is 9.23. The zero-order valence-electron chi connectivity index (χ0n) is 15.6. The topological polar surface area (TPSA) is 89.5 Å². The largest absolute Gasteiger partial charge is 0.345 e. The fourth-order valence-electron chi connectivity index (χ4n) is 3.82. The molecule has 1 aromatic heterocycles. The standard InChI is InChI=1S/C20H24N4O3/c1-14-11-17(15(2)23(14)18-8-4-3-5-9-18)13-21-22-20(25)16-7-6-10-19(12-16)24(26)27/h6-7,10-13,18H,3-5,8-9H2,1-2H3,(H,22,25)/b21-13-. The van der Waals surface area contributed by atoms with Gasteiger partial charge in [0.2, 0.25) is 0 Å². The molecule has 1 aliphatic carbocycles. The summed E-state index contributed by atoms with van der Waals surface area (Å²) < 4.78 is 2.38. The van der Waals surface area contributed by atoms with E-state index in [1.54, 1.807) is 6.21 Å². The summed E-state index contributed by atoms with van der Waals surface area (Å²) in [4.78, 5) is 22.5. The molecule has 0 saturated heterocycles. The number of aryl methyl sites for hydroxylation is 1. The van der Waals surface area contributed by atoms with Crippen LogP contribution in [0, 0.1) is 24.0 Å². The van der Waals surface area contributed by atoms with Gasteiger partial charge in [0.1, 0.15) is 0 Å². The van der Waals surface area contributed by atoms with Crippen LogP contribution in [-0.2, 0) is 0 Å². The van der Waals surface area contributed by atoms with Crippen LogP contribution in [0.25, 0.3) is 0 Å². The van der Waals surface area contributed by atoms with Crippen molar-refractivity contribution in [3.8, 4) is 0 Å². The van der Waals surface area contributed by atoms with Gasteiger partial charge in [-0.05, 0) is 38.8 Å². The highest BCUT2D eigenvalue weighted by molar-refractivity contribution is 5.95. The molecule has 0 spiro atoms. The molecule has 1 saturated carbocycles. The molecular weight excluding hydrogens is 344 g/mol. The van der Waals surface area contributed by atoms with Crippen molar-refractivity contribution in [3.63, 3.8) is 0 Å². The molecule has 0 aliphatic heterocycles. The minimum Gasteiger partial charge on any atom is -0.345 e. The molecule has 27 heavy (non-hydrogen) atoms. The van der Waals surface area contributed by atoms with Crippen molar-refractivity contribution < 1.29 is 9.72 Å². The van der Waals surface area contributed by atoms with Crippen LogP contribution in [0.3, 0.4) is 0 Å². The molecule has 1 amide bonds. The Morgan fingerprint density at radius 1 is 1.26 bits per heavy atom. The Hall–Kier alpha value is -2.96. The van der Waals surface area contributed by atoms with Crippen molar-refractivity contribution in [2.75, 3.05) is 0 Å². The second kappa shape index (κ2) is 8.16. The zero-order valence-corrected chi connectivity index (χ0v) is 15.6. The van der Waals surface area contributed by atoms with E-state index in [0.29, 0.717) is 6.04 Å². The van der Waals surface area contributed by atoms with Gasteiger partial charge in [0.25, 0.3) is 11.6 Å². The minimum atomic E-state index is -0.528. The molecule has 7 nitrogen and oxygen atoms in total. The van der Waals surface area contributed by atoms with E-state index in [1.807, 2.05) is 0 Å². The number of non-ortho nitro benzene ring substituents is 1. The van der Waals surface area contributed by atoms with Gasteiger partial charge in [-0.15, -0.1) is 0 Å². The van der Waals surface area contributed by atoms with Crippen molar-refractivity contribution >= 4 is 17.8 Å². The summed E-state index contributed by atoms with van der Waals surface area (Å²) in [7, 11) is 0. The summed E-state index contributed by atoms with van der Waals surface area (Å²) in [5.74, 6) is -0.476. The van der Waals surface area contributed by atoms with E-state index < -0.39 is 10.8 Å². The lowest BCUT2D eigenvalue weighted by molar-refractivity contribution is -0.384. The normalized spacial score (nSPS) is 15.2. The second-order valence-electron chi connectivity index (χ2n) is 6.99. The molecule has 0 atom stereocenters. The average molecular weight is 368 g/mol. The van der Waals surface area contributed by atoms with Crippen LogP contribution in [0.1, 0.15) is 65.5 Å². The molecule has 1 N–H and O–H groups in total. The van der Waals surface area contributed by atoms with Crippen molar-refractivity contribution in [1.82, 2.24) is 9.99 Å². The molecule has 1 heterocycles. The van der Waals surface area contributed by atoms with E-state index in [9.17, 15) is 14.9 Å². The lowest BCUT2D eigenvalue weighted by Gasteiger charge is -2.26. The summed E-state index contributed by atoms with van der Waals surface area (Å²) in [5, 5.41) is 14.9. The van der Waals surface area contributed by atoms with Crippen LogP contribution in [0.2, 0.25) is 0 Å². The molecule has 1 aromatic carbocycles. The number of aromatic nitrogens is 1. The quantitative estimate of drug-likeness (QED) is 0.485. The third-order valence-corrected chi connectivity index (χ3v) is 5.15. The first-order valence-corrected chi connectivity index (χ1v) is 9.23. The smallest absolute Gasteiger partial charge is 0.271 e. The van der Waals surface area contributed by atoms with Gasteiger partial charge >= 0.3 is 0 Å². The molecule has 1 fully saturated rings. The Balaban J connectivity index is 1.70. The Morgan fingerprint density at radius 2 is 2.00 bits per heavy atom. The highest BCUT2D eigenvalue weighted by Crippen LogP contribution is 2.31. The molecular formula is C20H24N4O3. The van der Waals surface area contributed by atoms with Crippen LogP contribution in [0.15, 0.2) is 35.4 Å². The number of amides is 1. The van der Waals surface area contributed by atoms with Gasteiger partial charge in [0.05, 0.1) is 11.1 Å². The summed E-state index contributed by atoms with van der Waals surface area (Å²) in [6.07, 6.45) is 7.90. The van der Waals surface area contributed by atoms with Gasteiger partial charge in [-0.3, -0.25) is 14.9 Å². The first kappa shape index (κ1) is 18.8. The van der Waals surface area contributed by atoms with Gasteiger partial charge in [-0.25, -0.2) is 5.43 Å². The fourth-order valence-corrected chi connectivity index (χ4v) is 3.82. The molecule has 7 heteroatoms. The van der Waals surface area contributed by atoms with Crippen molar-refractivity contribution in [2.24, 2.45) is 5.10 Å². The van der Waals surface area contributed by atoms with Gasteiger partial charge in [-0.2, -0.15) is 5.10 Å². The van der Waals surface area contributed by atoms with E-state index in [2.05, 4.69) is 35.0 Å². The Kier molecular flexibility index (Phi) is 5.69. The van der Waals surface area contributed by atoms with E-state index >= 15 is 0 Å². The summed E-state index contributed by atoms with van der Waals surface area (Å²) in [6.45, 7) is 4.17. The van der Waals surface area contributed by atoms with Crippen molar-refractivity contribution in [3.05, 3.63) is 63.0 Å². The van der Waals surface area contributed by atoms with Crippen LogP contribution in [-0.4, -0.2) is 21.6 Å². The molecule has 0 radical (unpaired) electrons. The van der Waals surface area contributed by atoms with Crippen molar-refractivity contribution in [1.29, 1.82) is 0 Å². The number of nitro groups is 1. The third kappa shape index (κ3) is 4.24. The maximum atomic E-state index is 12.2. The third-order valence-electron chi connectivity index (χ3n) is 5.15. The number of hydrogen-bond acceptors (Lipinski definition) is 4. The number of nitro benzene ring substituents is 1. The van der Waals surface area contributed by atoms with Crippen LogP contribution in [0.5, 0.6) is 0 Å². The van der Waals surface area contributed by atoms with E-state index in [1.165, 1.54) is 62.1 Å². The number of nitrogens with one attached hydrogen (secondary N) is 1. The number of benzene rings is 1. The predicted octanol–water partition coefficient (Wildman–Crippen LogP) is 4.28. The predicted molar refractivity (Wildman–Crippen MR) is 104 cm³/mol. The lowest BCUT2D eigenvalue weighted by atomic mass is 9.95. The maximum Gasteiger partial charge on any atom is 0.271 e. The Labute approximate surface area is 158 Å². The van der Waals surface area contributed by atoms with Crippen molar-refractivity contribution in [2.45, 2.75) is 52.0 Å². The minimum absolute atomic E-state index is 0.123. The Morgan fingerprint density at radius 3 is 2.70 bits per heavy atom. The lowest BCUT2D eigenvalue weighted by Crippen LogP contribution is -2.18. The number of nitrogens with zero attached hydrogens (tertiary/aromatic N) is 3. The first-order chi connectivity index (χ1) is 13.0. The fraction of sp³-hybridized carbons (Fsp3) is 0.400. The highest BCUT2D eigenvalue weighted by Gasteiger charge is 2.19. The molecule has 1 aliphatic rings. The zero-order chi connectivity index (χ0) is 19.4. The van der Waals surface area contributed by atoms with Crippen LogP contribution < -0.4 is 5.43 Å². The second-order valence-corrected chi connectivity index (χ2v) is 6.99. The van der Waals surface area contributed by atoms with Gasteiger partial charge in [0, 0.05) is 40.7 Å². The number of hydrazone groups is 1. The number of rotatable bonds is 5. The van der Waals surface area contributed by atoms with Crippen LogP contribution >= 0.6 is 0 Å². The summed E-state index contributed by atoms with van der Waals surface area (Å²) >= 11 is 0. The number of carbonyl (C=O) groups is 1. The SMILES string of the molecule is Cc1cc(/C=N\NC(=O)c2cccc([N+](=O)[O-])c2)c(C)n1C1CCCCC1. The molecule has 2 aromatic rings. The van der Waals surface area contributed by atoms with E-state index in [-0.39, 0.29) is 11.3 Å². The highest BCUT2D eigenvalue weighted by atomic mass is 16.6. The van der Waals surface area contributed by atoms with E-state index in [0.717, 1.165) is 11.3 Å². The molecule has 0 bridgehead atoms. The summed E-state index contributed by atoms with van der Waals surface area (Å²) in [5.41, 5.74) is 5.84. The van der Waals surface area contributed by atoms with Crippen LogP contribution in [0.4, 0.5) is 5.69 Å². The van der Waals surface area contributed by atoms with Gasteiger partial charge in [-0.1, -0.05) is 25.3 Å². The summed E-state index contributed by atoms with van der Waals surface area (Å²) in [6, 6.07) is 8.20. The Bertz CT molecular complexity index is 879. The number of hydrogen-bond donors (Lipinski definition) is 1. The average Bonchev–Trinajstić information content (AvgIpc) is 2.96.